The van der Waals surface area contributed by atoms with Crippen molar-refractivity contribution in [2.45, 2.75) is 37.0 Å². The van der Waals surface area contributed by atoms with Gasteiger partial charge in [-0.3, -0.25) is 19.3 Å². The Morgan fingerprint density at radius 2 is 2.15 bits per heavy atom. The van der Waals surface area contributed by atoms with Crippen LogP contribution in [-0.4, -0.2) is 59.8 Å². The predicted molar refractivity (Wildman–Crippen MR) is 77.3 cm³/mol. The van der Waals surface area contributed by atoms with Gasteiger partial charge in [-0.2, -0.15) is 0 Å². The molecule has 20 heavy (non-hydrogen) atoms. The molecule has 0 spiro atoms. The maximum absolute atomic E-state index is 12.1. The highest BCUT2D eigenvalue weighted by atomic mass is 32.2. The topological polar surface area (TPSA) is 78.5 Å². The number of nitrogens with one attached hydrogen (secondary N) is 2. The lowest BCUT2D eigenvalue weighted by Crippen LogP contribution is -2.35. The van der Waals surface area contributed by atoms with Gasteiger partial charge in [0.05, 0.1) is 5.25 Å². The summed E-state index contributed by atoms with van der Waals surface area (Å²) in [6.07, 6.45) is 2.94. The Morgan fingerprint density at radius 3 is 2.80 bits per heavy atom. The van der Waals surface area contributed by atoms with E-state index < -0.39 is 0 Å². The van der Waals surface area contributed by atoms with Crippen LogP contribution in [0, 0.1) is 0 Å². The van der Waals surface area contributed by atoms with E-state index in [2.05, 4.69) is 10.6 Å². The third-order valence-corrected chi connectivity index (χ3v) is 4.69. The third-order valence-electron chi connectivity index (χ3n) is 3.48. The molecule has 2 N–H and O–H groups in total. The van der Waals surface area contributed by atoms with E-state index >= 15 is 0 Å². The van der Waals surface area contributed by atoms with Gasteiger partial charge in [-0.15, -0.1) is 11.8 Å². The van der Waals surface area contributed by atoms with Crippen LogP contribution < -0.4 is 10.6 Å². The maximum Gasteiger partial charge on any atom is 0.242 e. The monoisotopic (exact) mass is 299 g/mol. The molecule has 1 unspecified atom stereocenters. The Morgan fingerprint density at radius 1 is 1.40 bits per heavy atom. The van der Waals surface area contributed by atoms with Crippen LogP contribution in [0.15, 0.2) is 0 Å². The number of hydrogen-bond donors (Lipinski definition) is 2. The molecule has 7 heteroatoms. The fourth-order valence-electron chi connectivity index (χ4n) is 2.11. The van der Waals surface area contributed by atoms with Crippen LogP contribution in [0.1, 0.15) is 25.7 Å². The molecule has 0 bridgehead atoms. The molecule has 3 amide bonds. The smallest absolute Gasteiger partial charge is 0.242 e. The Hall–Kier alpha value is -1.08. The van der Waals surface area contributed by atoms with Gasteiger partial charge in [0.15, 0.2) is 0 Å². The fraction of sp³-hybridized carbons (Fsp3) is 0.769. The molecule has 0 aromatic carbocycles. The molecule has 1 aliphatic carbocycles. The van der Waals surface area contributed by atoms with Crippen LogP contribution in [0.4, 0.5) is 0 Å². The van der Waals surface area contributed by atoms with E-state index in [0.717, 1.165) is 12.3 Å². The molecule has 1 atom stereocenters. The van der Waals surface area contributed by atoms with Crippen molar-refractivity contribution in [2.24, 2.45) is 0 Å². The van der Waals surface area contributed by atoms with E-state index in [1.807, 2.05) is 0 Å². The summed E-state index contributed by atoms with van der Waals surface area (Å²) in [5, 5.41) is 5.60. The molecule has 2 aliphatic rings. The van der Waals surface area contributed by atoms with Crippen LogP contribution in [-0.2, 0) is 14.4 Å². The number of carbonyl (C=O) groups excluding carboxylic acids is 3. The average Bonchev–Trinajstić information content (AvgIpc) is 3.21. The molecule has 0 aromatic rings. The molecule has 0 radical (unpaired) electrons. The molecule has 1 heterocycles. The molecular weight excluding hydrogens is 278 g/mol. The van der Waals surface area contributed by atoms with Crippen molar-refractivity contribution in [3.63, 3.8) is 0 Å². The summed E-state index contributed by atoms with van der Waals surface area (Å²) in [5.41, 5.74) is 0. The summed E-state index contributed by atoms with van der Waals surface area (Å²) in [6.45, 7) is 1.07. The SMILES string of the molecule is CNC(=O)CCN1C(=O)CC(SCCNC2CC2)C1=O. The highest BCUT2D eigenvalue weighted by Crippen LogP contribution is 2.25. The maximum atomic E-state index is 12.1. The largest absolute Gasteiger partial charge is 0.359 e. The number of imide groups is 1. The van der Waals surface area contributed by atoms with E-state index in [-0.39, 0.29) is 42.4 Å². The Labute approximate surface area is 123 Å². The van der Waals surface area contributed by atoms with Gasteiger partial charge in [0, 0.05) is 44.8 Å². The molecule has 6 nitrogen and oxygen atoms in total. The summed E-state index contributed by atoms with van der Waals surface area (Å²) >= 11 is 1.53. The number of hydrogen-bond acceptors (Lipinski definition) is 5. The molecule has 1 saturated heterocycles. The zero-order valence-corrected chi connectivity index (χ0v) is 12.5. The van der Waals surface area contributed by atoms with Crippen LogP contribution in [0.3, 0.4) is 0 Å². The molecule has 1 aliphatic heterocycles. The minimum atomic E-state index is -0.270. The second kappa shape index (κ2) is 7.08. The van der Waals surface area contributed by atoms with Crippen molar-refractivity contribution in [3.8, 4) is 0 Å². The van der Waals surface area contributed by atoms with E-state index in [4.69, 9.17) is 0 Å². The van der Waals surface area contributed by atoms with Gasteiger partial charge < -0.3 is 10.6 Å². The molecular formula is C13H21N3O3S. The Balaban J connectivity index is 1.70. The minimum Gasteiger partial charge on any atom is -0.359 e. The van der Waals surface area contributed by atoms with Crippen molar-refractivity contribution in [1.82, 2.24) is 15.5 Å². The Bertz CT molecular complexity index is 398. The second-order valence-electron chi connectivity index (χ2n) is 5.10. The van der Waals surface area contributed by atoms with Gasteiger partial charge in [-0.25, -0.2) is 0 Å². The van der Waals surface area contributed by atoms with Crippen LogP contribution >= 0.6 is 11.8 Å². The fourth-order valence-corrected chi connectivity index (χ4v) is 3.16. The standard InChI is InChI=1S/C13H21N3O3S/c1-14-11(17)4-6-16-12(18)8-10(13(16)19)20-7-5-15-9-2-3-9/h9-10,15H,2-8H2,1H3,(H,14,17). The lowest BCUT2D eigenvalue weighted by molar-refractivity contribution is -0.138. The van der Waals surface area contributed by atoms with E-state index in [1.165, 1.54) is 29.5 Å². The van der Waals surface area contributed by atoms with Gasteiger partial charge in [0.2, 0.25) is 17.7 Å². The number of amides is 3. The third kappa shape index (κ3) is 4.21. The number of rotatable bonds is 8. The second-order valence-corrected chi connectivity index (χ2v) is 6.41. The number of likely N-dealkylation sites (tertiary alicyclic amines) is 1. The van der Waals surface area contributed by atoms with Gasteiger partial charge >= 0.3 is 0 Å². The Kier molecular flexibility index (Phi) is 5.42. The molecule has 1 saturated carbocycles. The van der Waals surface area contributed by atoms with Gasteiger partial charge in [-0.1, -0.05) is 0 Å². The van der Waals surface area contributed by atoms with Crippen molar-refractivity contribution in [2.75, 3.05) is 25.9 Å². The first-order chi connectivity index (χ1) is 9.61. The van der Waals surface area contributed by atoms with Crippen LogP contribution in [0.5, 0.6) is 0 Å². The lowest BCUT2D eigenvalue weighted by atomic mass is 10.3. The summed E-state index contributed by atoms with van der Waals surface area (Å²) in [6, 6.07) is 0.667. The minimum absolute atomic E-state index is 0.143. The highest BCUT2D eigenvalue weighted by Gasteiger charge is 2.38. The zero-order chi connectivity index (χ0) is 14.5. The number of carbonyl (C=O) groups is 3. The summed E-state index contributed by atoms with van der Waals surface area (Å²) < 4.78 is 0. The van der Waals surface area contributed by atoms with Crippen molar-refractivity contribution in [3.05, 3.63) is 0 Å². The number of thioether (sulfide) groups is 1. The zero-order valence-electron chi connectivity index (χ0n) is 11.7. The van der Waals surface area contributed by atoms with Crippen molar-refractivity contribution in [1.29, 1.82) is 0 Å². The molecule has 0 aromatic heterocycles. The van der Waals surface area contributed by atoms with Crippen molar-refractivity contribution >= 4 is 29.5 Å². The lowest BCUT2D eigenvalue weighted by Gasteiger charge is -2.14. The van der Waals surface area contributed by atoms with Crippen LogP contribution in [0.2, 0.25) is 0 Å². The molecule has 2 fully saturated rings. The normalized spacial score (nSPS) is 22.4. The van der Waals surface area contributed by atoms with E-state index in [9.17, 15) is 14.4 Å². The first-order valence-electron chi connectivity index (χ1n) is 7.01. The van der Waals surface area contributed by atoms with Gasteiger partial charge in [0.1, 0.15) is 0 Å². The highest BCUT2D eigenvalue weighted by molar-refractivity contribution is 8.00. The summed E-state index contributed by atoms with van der Waals surface area (Å²) in [7, 11) is 1.54. The molecule has 112 valence electrons. The first-order valence-corrected chi connectivity index (χ1v) is 8.06. The molecule has 2 rings (SSSR count). The average molecular weight is 299 g/mol. The first kappa shape index (κ1) is 15.3. The summed E-state index contributed by atoms with van der Waals surface area (Å²) in [4.78, 5) is 36.3. The quantitative estimate of drug-likeness (QED) is 0.477. The van der Waals surface area contributed by atoms with E-state index in [0.29, 0.717) is 6.04 Å². The number of nitrogens with zero attached hydrogens (tertiary/aromatic N) is 1. The van der Waals surface area contributed by atoms with Gasteiger partial charge in [-0.05, 0) is 12.8 Å². The van der Waals surface area contributed by atoms with Gasteiger partial charge in [0.25, 0.3) is 0 Å². The van der Waals surface area contributed by atoms with Crippen molar-refractivity contribution < 1.29 is 14.4 Å². The van der Waals surface area contributed by atoms with E-state index in [1.54, 1.807) is 7.05 Å². The predicted octanol–water partition coefficient (Wildman–Crippen LogP) is -0.265. The van der Waals surface area contributed by atoms with Crippen LogP contribution in [0.25, 0.3) is 0 Å². The summed E-state index contributed by atoms with van der Waals surface area (Å²) in [5.74, 6) is 0.376.